The van der Waals surface area contributed by atoms with Crippen LogP contribution in [0.25, 0.3) is 21.5 Å². The minimum atomic E-state index is 0.530. The van der Waals surface area contributed by atoms with Crippen LogP contribution >= 0.6 is 74.5 Å². The summed E-state index contributed by atoms with van der Waals surface area (Å²) < 4.78 is 2.00. The summed E-state index contributed by atoms with van der Waals surface area (Å²) in [4.78, 5) is 6.61. The van der Waals surface area contributed by atoms with Crippen molar-refractivity contribution in [2.75, 3.05) is 4.90 Å². The van der Waals surface area contributed by atoms with Crippen LogP contribution in [-0.2, 0) is 13.1 Å². The average Bonchev–Trinajstić information content (AvgIpc) is 3.25. The van der Waals surface area contributed by atoms with E-state index in [0.717, 1.165) is 39.6 Å². The number of anilines is 2. The number of hydrogen-bond acceptors (Lipinski definition) is 3. The predicted molar refractivity (Wildman–Crippen MR) is 273 cm³/mol. The van der Waals surface area contributed by atoms with Crippen molar-refractivity contribution in [2.45, 2.75) is 89.4 Å². The molecule has 3 nitrogen and oxygen atoms in total. The molecule has 0 bridgehead atoms. The molecule has 2 fully saturated rings. The molecule has 2 aliphatic rings. The molecule has 0 heterocycles. The Kier molecular flexibility index (Phi) is 17.3. The molecule has 9 heteroatoms. The molecule has 0 unspecified atom stereocenters. The zero-order chi connectivity index (χ0) is 40.7. The topological polar surface area (TPSA) is 9.72 Å². The lowest BCUT2D eigenvalue weighted by molar-refractivity contribution is 0.164. The molecule has 300 valence electrons. The van der Waals surface area contributed by atoms with E-state index < -0.39 is 0 Å². The summed E-state index contributed by atoms with van der Waals surface area (Å²) in [5.41, 5.74) is 4.57. The Balaban J connectivity index is 0.000000151. The molecule has 0 radical (unpaired) electrons. The van der Waals surface area contributed by atoms with Crippen molar-refractivity contribution in [1.82, 2.24) is 9.80 Å². The molecular weight excluding hydrogens is 823 g/mol. The first-order valence-corrected chi connectivity index (χ1v) is 22.9. The molecule has 8 rings (SSSR count). The van der Waals surface area contributed by atoms with E-state index in [1.165, 1.54) is 86.1 Å². The van der Waals surface area contributed by atoms with Gasteiger partial charge in [-0.1, -0.05) is 209 Å². The van der Waals surface area contributed by atoms with Crippen LogP contribution in [0.5, 0.6) is 0 Å². The van der Waals surface area contributed by atoms with Crippen molar-refractivity contribution in [3.8, 4) is 0 Å². The van der Waals surface area contributed by atoms with Crippen LogP contribution in [0, 0.1) is 0 Å². The van der Waals surface area contributed by atoms with E-state index in [1.54, 1.807) is 0 Å². The van der Waals surface area contributed by atoms with Gasteiger partial charge in [-0.2, -0.15) is 0 Å². The number of benzene rings is 6. The van der Waals surface area contributed by atoms with Crippen LogP contribution < -0.4 is 4.90 Å². The second kappa shape index (κ2) is 22.8. The SMILES string of the molecule is S=C(S)N(C1CCCCC1)C1CCCCC1.S=C(S)N(Cc1ccccc1)Cc1ccccc1.S=C(S)N(c1cccc2ccccc12)c1cccc2ccccc12. The van der Waals surface area contributed by atoms with E-state index in [-0.39, 0.29) is 0 Å². The Morgan fingerprint density at radius 3 is 1.19 bits per heavy atom. The molecule has 6 aromatic carbocycles. The molecule has 0 aromatic heterocycles. The van der Waals surface area contributed by atoms with Gasteiger partial charge in [-0.15, -0.1) is 37.9 Å². The van der Waals surface area contributed by atoms with Crippen LogP contribution in [0.3, 0.4) is 0 Å². The molecular formula is C49H53N3S6. The van der Waals surface area contributed by atoms with Gasteiger partial charge in [0.1, 0.15) is 13.0 Å². The summed E-state index contributed by atoms with van der Waals surface area (Å²) in [6.07, 6.45) is 13.7. The van der Waals surface area contributed by atoms with E-state index in [4.69, 9.17) is 36.7 Å². The summed E-state index contributed by atoms with van der Waals surface area (Å²) in [6, 6.07) is 51.2. The summed E-state index contributed by atoms with van der Waals surface area (Å²) in [5, 5.41) is 4.68. The lowest BCUT2D eigenvalue weighted by Crippen LogP contribution is -2.46. The standard InChI is InChI=1S/C21H15NS2.C15H15NS2.C13H23NS2/c23-21(24)22(19-13-5-9-15-7-1-3-11-17(15)19)20-14-6-10-16-8-2-4-12-18(16)20;17-15(18)16(11-13-7-3-1-4-8-13)12-14-9-5-2-6-10-14;15-13(16)14(11-7-3-1-4-8-11)12-9-5-2-6-10-12/h1-14H,(H,23,24);1-10H,11-12H2,(H,17,18);11-12H,1-10H2,(H,15,16). The normalized spacial score (nSPS) is 14.3. The van der Waals surface area contributed by atoms with Crippen molar-refractivity contribution >= 4 is 120 Å². The quantitative estimate of drug-likeness (QED) is 0.103. The fourth-order valence-electron chi connectivity index (χ4n) is 8.27. The van der Waals surface area contributed by atoms with Gasteiger partial charge in [0.15, 0.2) is 0 Å². The first-order chi connectivity index (χ1) is 28.3. The van der Waals surface area contributed by atoms with Crippen molar-refractivity contribution in [3.05, 3.63) is 157 Å². The first-order valence-electron chi connectivity index (χ1n) is 20.4. The lowest BCUT2D eigenvalue weighted by Gasteiger charge is -2.42. The van der Waals surface area contributed by atoms with E-state index in [1.807, 2.05) is 53.4 Å². The first kappa shape index (κ1) is 44.1. The number of thiocarbonyl (C=S) groups is 3. The average molecular weight is 876 g/mol. The second-order valence-corrected chi connectivity index (χ2v) is 18.3. The highest BCUT2D eigenvalue weighted by Gasteiger charge is 2.29. The summed E-state index contributed by atoms with van der Waals surface area (Å²) in [5.74, 6) is 0. The molecule has 0 spiro atoms. The highest BCUT2D eigenvalue weighted by atomic mass is 32.1. The van der Waals surface area contributed by atoms with Gasteiger partial charge in [0.2, 0.25) is 0 Å². The molecule has 0 N–H and O–H groups in total. The summed E-state index contributed by atoms with van der Waals surface area (Å²) in [6.45, 7) is 1.58. The predicted octanol–water partition coefficient (Wildman–Crippen LogP) is 14.4. The Morgan fingerprint density at radius 1 is 0.431 bits per heavy atom. The third kappa shape index (κ3) is 12.3. The third-order valence-corrected chi connectivity index (χ3v) is 12.4. The van der Waals surface area contributed by atoms with Crippen LogP contribution in [-0.4, -0.2) is 34.8 Å². The Labute approximate surface area is 378 Å². The molecule has 0 aliphatic heterocycles. The molecule has 2 aliphatic carbocycles. The zero-order valence-corrected chi connectivity index (χ0v) is 38.0. The highest BCUT2D eigenvalue weighted by molar-refractivity contribution is 8.11. The molecule has 2 saturated carbocycles. The number of rotatable bonds is 8. The van der Waals surface area contributed by atoms with Crippen LogP contribution in [0.1, 0.15) is 75.3 Å². The van der Waals surface area contributed by atoms with E-state index in [2.05, 4.69) is 145 Å². The van der Waals surface area contributed by atoms with Gasteiger partial charge in [-0.25, -0.2) is 0 Å². The van der Waals surface area contributed by atoms with Gasteiger partial charge in [-0.3, -0.25) is 4.90 Å². The Bertz CT molecular complexity index is 2090. The fraction of sp³-hybridized carbons (Fsp3) is 0.286. The van der Waals surface area contributed by atoms with Crippen LogP contribution in [0.2, 0.25) is 0 Å². The van der Waals surface area contributed by atoms with Gasteiger partial charge in [0.05, 0.1) is 11.4 Å². The smallest absolute Gasteiger partial charge is 0.142 e. The van der Waals surface area contributed by atoms with Gasteiger partial charge >= 0.3 is 0 Å². The maximum absolute atomic E-state index is 5.50. The van der Waals surface area contributed by atoms with Crippen LogP contribution in [0.4, 0.5) is 11.4 Å². The maximum Gasteiger partial charge on any atom is 0.142 e. The van der Waals surface area contributed by atoms with Crippen molar-refractivity contribution in [1.29, 1.82) is 0 Å². The maximum atomic E-state index is 5.50. The second-order valence-electron chi connectivity index (χ2n) is 15.0. The van der Waals surface area contributed by atoms with Gasteiger partial charge < -0.3 is 9.80 Å². The van der Waals surface area contributed by atoms with Gasteiger partial charge in [-0.05, 0) is 59.7 Å². The van der Waals surface area contributed by atoms with E-state index >= 15 is 0 Å². The number of nitrogens with zero attached hydrogens (tertiary/aromatic N) is 3. The third-order valence-electron chi connectivity index (χ3n) is 11.1. The monoisotopic (exact) mass is 875 g/mol. The minimum Gasteiger partial charge on any atom is -0.352 e. The summed E-state index contributed by atoms with van der Waals surface area (Å²) in [7, 11) is 0. The fourth-order valence-corrected chi connectivity index (χ4v) is 9.58. The van der Waals surface area contributed by atoms with Crippen molar-refractivity contribution < 1.29 is 0 Å². The van der Waals surface area contributed by atoms with Gasteiger partial charge in [0.25, 0.3) is 0 Å². The van der Waals surface area contributed by atoms with E-state index in [9.17, 15) is 0 Å². The number of fused-ring (bicyclic) bond motifs is 2. The molecule has 0 atom stereocenters. The van der Waals surface area contributed by atoms with Crippen LogP contribution in [0.15, 0.2) is 146 Å². The number of thiol groups is 3. The Hall–Kier alpha value is -3.44. The Morgan fingerprint density at radius 2 is 0.810 bits per heavy atom. The van der Waals surface area contributed by atoms with Gasteiger partial charge in [0, 0.05) is 35.9 Å². The highest BCUT2D eigenvalue weighted by Crippen LogP contribution is 2.37. The van der Waals surface area contributed by atoms with Crippen molar-refractivity contribution in [2.24, 2.45) is 0 Å². The number of hydrogen-bond donors (Lipinski definition) is 3. The summed E-state index contributed by atoms with van der Waals surface area (Å²) >= 11 is 29.4. The largest absolute Gasteiger partial charge is 0.352 e. The molecule has 0 saturated heterocycles. The molecule has 6 aromatic rings. The van der Waals surface area contributed by atoms with Crippen molar-refractivity contribution in [3.63, 3.8) is 0 Å². The van der Waals surface area contributed by atoms with E-state index in [0.29, 0.717) is 20.7 Å². The molecule has 0 amide bonds. The zero-order valence-electron chi connectivity index (χ0n) is 32.9. The minimum absolute atomic E-state index is 0.530. The molecule has 58 heavy (non-hydrogen) atoms. The lowest BCUT2D eigenvalue weighted by atomic mass is 9.89.